The number of rotatable bonds is 0. The second-order valence-corrected chi connectivity index (χ2v) is 3.99. The molecule has 1 N–H and O–H groups in total. The third-order valence-corrected chi connectivity index (χ3v) is 2.81. The van der Waals surface area contributed by atoms with Gasteiger partial charge in [-0.3, -0.25) is 0 Å². The molecule has 0 fully saturated rings. The lowest BCUT2D eigenvalue weighted by molar-refractivity contribution is 1.01. The topological polar surface area (TPSA) is 41.0 Å². The number of nitrogens with zero attached hydrogens (tertiary/aromatic N) is 3. The zero-order valence-corrected chi connectivity index (χ0v) is 9.36. The van der Waals surface area contributed by atoms with Gasteiger partial charge < -0.3 is 10.2 Å². The summed E-state index contributed by atoms with van der Waals surface area (Å²) in [7, 11) is 1.98. The second kappa shape index (κ2) is 3.35. The highest BCUT2D eigenvalue weighted by molar-refractivity contribution is 6.29. The Labute approximate surface area is 97.9 Å². The van der Waals surface area contributed by atoms with Gasteiger partial charge in [0.2, 0.25) is 0 Å². The van der Waals surface area contributed by atoms with E-state index < -0.39 is 0 Å². The maximum absolute atomic E-state index is 5.84. The fraction of sp³-hybridized carbons (Fsp3) is 0.0909. The molecule has 0 bridgehead atoms. The molecule has 80 valence electrons. The van der Waals surface area contributed by atoms with Crippen LogP contribution in [0, 0.1) is 0 Å². The standard InChI is InChI=1S/C11H9ClN4/c1-16-8-5-3-2-4-7(8)13-11-9(16)6-10(12)14-15-11/h2-6H,1H3,(H,13,15). The summed E-state index contributed by atoms with van der Waals surface area (Å²) in [5.74, 6) is 0.727. The van der Waals surface area contributed by atoms with E-state index in [-0.39, 0.29) is 0 Å². The maximum atomic E-state index is 5.84. The quantitative estimate of drug-likeness (QED) is 0.758. The number of para-hydroxylation sites is 2. The summed E-state index contributed by atoms with van der Waals surface area (Å²) >= 11 is 5.84. The van der Waals surface area contributed by atoms with Crippen LogP contribution in [0.5, 0.6) is 0 Å². The molecule has 0 radical (unpaired) electrons. The first kappa shape index (κ1) is 9.42. The van der Waals surface area contributed by atoms with Crippen LogP contribution in [0.3, 0.4) is 0 Å². The molecule has 0 spiro atoms. The summed E-state index contributed by atoms with van der Waals surface area (Å²) in [4.78, 5) is 2.04. The Bertz CT molecular complexity index is 555. The van der Waals surface area contributed by atoms with Gasteiger partial charge >= 0.3 is 0 Å². The van der Waals surface area contributed by atoms with Crippen LogP contribution >= 0.6 is 11.6 Å². The van der Waals surface area contributed by atoms with Crippen LogP contribution in [0.2, 0.25) is 5.15 Å². The van der Waals surface area contributed by atoms with Crippen molar-refractivity contribution in [3.8, 4) is 0 Å². The molecule has 3 rings (SSSR count). The van der Waals surface area contributed by atoms with Crippen LogP contribution < -0.4 is 10.2 Å². The molecule has 0 atom stereocenters. The molecular formula is C11H9ClN4. The lowest BCUT2D eigenvalue weighted by atomic mass is 10.2. The van der Waals surface area contributed by atoms with E-state index in [0.717, 1.165) is 22.9 Å². The summed E-state index contributed by atoms with van der Waals surface area (Å²) in [5.41, 5.74) is 3.05. The Balaban J connectivity index is 2.19. The first-order valence-corrected chi connectivity index (χ1v) is 5.26. The van der Waals surface area contributed by atoms with E-state index in [1.54, 1.807) is 6.07 Å². The smallest absolute Gasteiger partial charge is 0.177 e. The first-order valence-electron chi connectivity index (χ1n) is 4.89. The van der Waals surface area contributed by atoms with Gasteiger partial charge in [-0.1, -0.05) is 23.7 Å². The van der Waals surface area contributed by atoms with Crippen molar-refractivity contribution < 1.29 is 0 Å². The monoisotopic (exact) mass is 232 g/mol. The van der Waals surface area contributed by atoms with Crippen molar-refractivity contribution in [1.29, 1.82) is 0 Å². The van der Waals surface area contributed by atoms with Crippen molar-refractivity contribution >= 4 is 34.5 Å². The van der Waals surface area contributed by atoms with E-state index in [4.69, 9.17) is 11.6 Å². The van der Waals surface area contributed by atoms with Gasteiger partial charge in [-0.25, -0.2) is 0 Å². The summed E-state index contributed by atoms with van der Waals surface area (Å²) in [5, 5.41) is 11.5. The van der Waals surface area contributed by atoms with Crippen molar-refractivity contribution in [2.75, 3.05) is 17.3 Å². The summed E-state index contributed by atoms with van der Waals surface area (Å²) in [6.45, 7) is 0. The van der Waals surface area contributed by atoms with Gasteiger partial charge in [-0.2, -0.15) is 0 Å². The number of halogens is 1. The minimum atomic E-state index is 0.395. The van der Waals surface area contributed by atoms with Gasteiger partial charge in [0.1, 0.15) is 0 Å². The van der Waals surface area contributed by atoms with E-state index in [1.165, 1.54) is 0 Å². The molecule has 1 aromatic heterocycles. The van der Waals surface area contributed by atoms with Crippen molar-refractivity contribution in [2.45, 2.75) is 0 Å². The molecule has 0 saturated carbocycles. The molecule has 1 aliphatic heterocycles. The predicted molar refractivity (Wildman–Crippen MR) is 64.8 cm³/mol. The van der Waals surface area contributed by atoms with E-state index >= 15 is 0 Å². The maximum Gasteiger partial charge on any atom is 0.177 e. The zero-order chi connectivity index (χ0) is 11.1. The van der Waals surface area contributed by atoms with Crippen LogP contribution in [-0.4, -0.2) is 17.2 Å². The number of nitrogens with one attached hydrogen (secondary N) is 1. The Hall–Kier alpha value is -1.81. The van der Waals surface area contributed by atoms with Gasteiger partial charge in [-0.05, 0) is 12.1 Å². The molecule has 1 aliphatic rings. The van der Waals surface area contributed by atoms with E-state index in [9.17, 15) is 0 Å². The minimum Gasteiger partial charge on any atom is -0.340 e. The van der Waals surface area contributed by atoms with Crippen LogP contribution in [0.1, 0.15) is 0 Å². The van der Waals surface area contributed by atoms with E-state index in [2.05, 4.69) is 15.5 Å². The molecule has 5 heteroatoms. The number of hydrogen-bond donors (Lipinski definition) is 1. The van der Waals surface area contributed by atoms with Gasteiger partial charge in [0, 0.05) is 13.1 Å². The average molecular weight is 233 g/mol. The molecule has 0 aliphatic carbocycles. The van der Waals surface area contributed by atoms with E-state index in [1.807, 2.05) is 36.2 Å². The largest absolute Gasteiger partial charge is 0.340 e. The highest BCUT2D eigenvalue weighted by Crippen LogP contribution is 2.41. The molecular weight excluding hydrogens is 224 g/mol. The van der Waals surface area contributed by atoms with E-state index in [0.29, 0.717) is 5.15 Å². The van der Waals surface area contributed by atoms with Crippen LogP contribution in [0.15, 0.2) is 30.3 Å². The minimum absolute atomic E-state index is 0.395. The third-order valence-electron chi connectivity index (χ3n) is 2.62. The molecule has 16 heavy (non-hydrogen) atoms. The van der Waals surface area contributed by atoms with Crippen molar-refractivity contribution in [3.63, 3.8) is 0 Å². The zero-order valence-electron chi connectivity index (χ0n) is 8.61. The first-order chi connectivity index (χ1) is 7.75. The number of benzene rings is 1. The fourth-order valence-corrected chi connectivity index (χ4v) is 1.97. The molecule has 4 nitrogen and oxygen atoms in total. The second-order valence-electron chi connectivity index (χ2n) is 3.60. The SMILES string of the molecule is CN1c2ccccc2Nc2nnc(Cl)cc21. The van der Waals surface area contributed by atoms with Gasteiger partial charge in [0.05, 0.1) is 17.1 Å². The fourth-order valence-electron chi connectivity index (χ4n) is 1.83. The summed E-state index contributed by atoms with van der Waals surface area (Å²) in [6.07, 6.45) is 0. The molecule has 0 amide bonds. The molecule has 2 aromatic rings. The van der Waals surface area contributed by atoms with Gasteiger partial charge in [-0.15, -0.1) is 10.2 Å². The summed E-state index contributed by atoms with van der Waals surface area (Å²) < 4.78 is 0. The highest BCUT2D eigenvalue weighted by Gasteiger charge is 2.20. The predicted octanol–water partition coefficient (Wildman–Crippen LogP) is 2.95. The Morgan fingerprint density at radius 1 is 1.19 bits per heavy atom. The van der Waals surface area contributed by atoms with Crippen molar-refractivity contribution in [1.82, 2.24) is 10.2 Å². The molecule has 2 heterocycles. The summed E-state index contributed by atoms with van der Waals surface area (Å²) in [6, 6.07) is 9.82. The van der Waals surface area contributed by atoms with Crippen molar-refractivity contribution in [2.24, 2.45) is 0 Å². The lowest BCUT2D eigenvalue weighted by Crippen LogP contribution is -2.18. The Morgan fingerprint density at radius 3 is 2.88 bits per heavy atom. The Morgan fingerprint density at radius 2 is 2.00 bits per heavy atom. The third kappa shape index (κ3) is 1.31. The molecule has 0 saturated heterocycles. The van der Waals surface area contributed by atoms with Crippen LogP contribution in [0.4, 0.5) is 22.9 Å². The van der Waals surface area contributed by atoms with Crippen LogP contribution in [-0.2, 0) is 0 Å². The Kier molecular flexibility index (Phi) is 1.97. The normalized spacial score (nSPS) is 12.8. The number of fused-ring (bicyclic) bond motifs is 2. The highest BCUT2D eigenvalue weighted by atomic mass is 35.5. The number of aromatic nitrogens is 2. The van der Waals surface area contributed by atoms with Gasteiger partial charge in [0.25, 0.3) is 0 Å². The van der Waals surface area contributed by atoms with Crippen molar-refractivity contribution in [3.05, 3.63) is 35.5 Å². The average Bonchev–Trinajstić information content (AvgIpc) is 2.31. The van der Waals surface area contributed by atoms with Gasteiger partial charge in [0.15, 0.2) is 11.0 Å². The number of hydrogen-bond acceptors (Lipinski definition) is 4. The van der Waals surface area contributed by atoms with Crippen LogP contribution in [0.25, 0.3) is 0 Å². The lowest BCUT2D eigenvalue weighted by Gasteiger charge is -2.29. The molecule has 0 unspecified atom stereocenters. The molecule has 1 aromatic carbocycles. The number of anilines is 4.